The number of halogens is 2. The van der Waals surface area contributed by atoms with Crippen molar-refractivity contribution < 1.29 is 14.4 Å². The Kier molecular flexibility index (Phi) is 6.77. The van der Waals surface area contributed by atoms with E-state index in [1.807, 2.05) is 0 Å². The first-order chi connectivity index (χ1) is 11.9. The number of hydrogen-bond donors (Lipinski definition) is 3. The van der Waals surface area contributed by atoms with E-state index < -0.39 is 5.91 Å². The fourth-order valence-electron chi connectivity index (χ4n) is 1.99. The molecule has 0 aromatic heterocycles. The molecule has 0 atom stereocenters. The number of carbonyl (C=O) groups excluding carboxylic acids is 3. The molecule has 25 heavy (non-hydrogen) atoms. The van der Waals surface area contributed by atoms with E-state index in [9.17, 15) is 14.4 Å². The summed E-state index contributed by atoms with van der Waals surface area (Å²) >= 11 is 7.99. The van der Waals surface area contributed by atoms with Gasteiger partial charge in [-0.1, -0.05) is 23.7 Å². The van der Waals surface area contributed by atoms with Crippen LogP contribution in [0.1, 0.15) is 26.3 Å². The number of hydrogen-bond acceptors (Lipinski definition) is 3. The van der Waals surface area contributed by atoms with E-state index in [2.05, 4.69) is 33.2 Å². The van der Waals surface area contributed by atoms with Crippen molar-refractivity contribution in [2.45, 2.75) is 6.54 Å². The highest BCUT2D eigenvalue weighted by Gasteiger charge is 2.11. The Morgan fingerprint density at radius 1 is 1.00 bits per heavy atom. The molecule has 0 unspecified atom stereocenters. The summed E-state index contributed by atoms with van der Waals surface area (Å²) < 4.78 is 0.806. The Labute approximate surface area is 163 Å². The predicted molar refractivity (Wildman–Crippen MR) is 103 cm³/mol. The lowest BCUT2D eigenvalue weighted by atomic mass is 10.1. The van der Waals surface area contributed by atoms with Gasteiger partial charge in [-0.15, -0.1) is 0 Å². The van der Waals surface area contributed by atoms with Gasteiger partial charge in [0.2, 0.25) is 5.91 Å². The van der Waals surface area contributed by atoms with Gasteiger partial charge < -0.3 is 16.4 Å². The van der Waals surface area contributed by atoms with Gasteiger partial charge in [-0.3, -0.25) is 14.4 Å². The van der Waals surface area contributed by atoms with Crippen LogP contribution in [0.3, 0.4) is 0 Å². The molecule has 2 aromatic rings. The van der Waals surface area contributed by atoms with Gasteiger partial charge in [-0.05, 0) is 58.5 Å². The summed E-state index contributed by atoms with van der Waals surface area (Å²) in [5.74, 6) is -1.22. The zero-order chi connectivity index (χ0) is 18.4. The third-order valence-electron chi connectivity index (χ3n) is 3.27. The van der Waals surface area contributed by atoms with Gasteiger partial charge in [0.15, 0.2) is 0 Å². The Bertz CT molecular complexity index is 809. The van der Waals surface area contributed by atoms with Gasteiger partial charge in [0, 0.05) is 20.7 Å². The molecule has 3 amide bonds. The second-order valence-electron chi connectivity index (χ2n) is 5.15. The molecule has 0 aliphatic carbocycles. The quantitative estimate of drug-likeness (QED) is 0.562. The molecule has 0 aliphatic rings. The minimum absolute atomic E-state index is 0.213. The number of nitrogens with two attached hydrogens (primary N) is 1. The number of nitrogens with one attached hydrogen (secondary N) is 2. The smallest absolute Gasteiger partial charge is 0.252 e. The number of benzene rings is 2. The average molecular weight is 472 g/mol. The molecule has 0 fully saturated rings. The summed E-state index contributed by atoms with van der Waals surface area (Å²) in [5, 5.41) is 5.71. The average Bonchev–Trinajstić information content (AvgIpc) is 2.60. The van der Waals surface area contributed by atoms with Crippen molar-refractivity contribution in [3.05, 3.63) is 67.7 Å². The van der Waals surface area contributed by atoms with E-state index >= 15 is 0 Å². The number of carbonyl (C=O) groups is 3. The van der Waals surface area contributed by atoms with E-state index in [-0.39, 0.29) is 18.4 Å². The normalized spacial score (nSPS) is 10.2. The van der Waals surface area contributed by atoms with Crippen molar-refractivity contribution in [3.63, 3.8) is 0 Å². The summed E-state index contributed by atoms with van der Waals surface area (Å²) in [5.41, 5.74) is 6.72. The summed E-state index contributed by atoms with van der Waals surface area (Å²) in [6, 6.07) is 11.8. The standard InChI is InChI=1S/C17H15ClIN3O3/c18-12-5-6-14(19)13(7-12)17(25)21-8-10-1-3-11(4-2-10)16(24)22-9-15(20)23/h1-7H,8-9H2,(H2,20,23)(H,21,25)(H,22,24). The monoisotopic (exact) mass is 471 g/mol. The molecule has 130 valence electrons. The van der Waals surface area contributed by atoms with Gasteiger partial charge in [0.05, 0.1) is 12.1 Å². The van der Waals surface area contributed by atoms with E-state index in [1.165, 1.54) is 0 Å². The summed E-state index contributed by atoms with van der Waals surface area (Å²) in [4.78, 5) is 34.7. The van der Waals surface area contributed by atoms with Gasteiger partial charge in [0.25, 0.3) is 11.8 Å². The molecule has 4 N–H and O–H groups in total. The first-order valence-corrected chi connectivity index (χ1v) is 8.71. The van der Waals surface area contributed by atoms with E-state index in [0.29, 0.717) is 22.7 Å². The highest BCUT2D eigenvalue weighted by atomic mass is 127. The Balaban J connectivity index is 1.95. The fourth-order valence-corrected chi connectivity index (χ4v) is 2.75. The van der Waals surface area contributed by atoms with Crippen LogP contribution in [0.5, 0.6) is 0 Å². The Hall–Kier alpha value is -2.13. The minimum Gasteiger partial charge on any atom is -0.368 e. The Morgan fingerprint density at radius 3 is 2.32 bits per heavy atom. The molecule has 0 saturated carbocycles. The van der Waals surface area contributed by atoms with Crippen LogP contribution in [0.4, 0.5) is 0 Å². The van der Waals surface area contributed by atoms with Gasteiger partial charge in [-0.25, -0.2) is 0 Å². The zero-order valence-corrected chi connectivity index (χ0v) is 15.9. The summed E-state index contributed by atoms with van der Waals surface area (Å²) in [6.07, 6.45) is 0. The van der Waals surface area contributed by atoms with Crippen LogP contribution in [0, 0.1) is 3.57 Å². The molecular formula is C17H15ClIN3O3. The lowest BCUT2D eigenvalue weighted by Crippen LogP contribution is -2.33. The number of rotatable bonds is 6. The van der Waals surface area contributed by atoms with Crippen molar-refractivity contribution >= 4 is 51.9 Å². The van der Waals surface area contributed by atoms with E-state index in [1.54, 1.807) is 42.5 Å². The first-order valence-electron chi connectivity index (χ1n) is 7.25. The fraction of sp³-hybridized carbons (Fsp3) is 0.118. The molecule has 6 nitrogen and oxygen atoms in total. The number of primary amides is 1. The third-order valence-corrected chi connectivity index (χ3v) is 4.44. The van der Waals surface area contributed by atoms with Crippen molar-refractivity contribution in [1.82, 2.24) is 10.6 Å². The van der Waals surface area contributed by atoms with Gasteiger partial charge in [0.1, 0.15) is 0 Å². The molecule has 8 heteroatoms. The van der Waals surface area contributed by atoms with E-state index in [4.69, 9.17) is 17.3 Å². The molecule has 0 radical (unpaired) electrons. The SMILES string of the molecule is NC(=O)CNC(=O)c1ccc(CNC(=O)c2cc(Cl)ccc2I)cc1. The second kappa shape index (κ2) is 8.82. The highest BCUT2D eigenvalue weighted by molar-refractivity contribution is 14.1. The maximum atomic E-state index is 12.2. The highest BCUT2D eigenvalue weighted by Crippen LogP contribution is 2.18. The Morgan fingerprint density at radius 2 is 1.68 bits per heavy atom. The molecule has 0 spiro atoms. The van der Waals surface area contributed by atoms with Crippen LogP contribution in [0.15, 0.2) is 42.5 Å². The van der Waals surface area contributed by atoms with Crippen molar-refractivity contribution in [3.8, 4) is 0 Å². The minimum atomic E-state index is -0.608. The number of amides is 3. The molecule has 2 aromatic carbocycles. The van der Waals surface area contributed by atoms with Crippen molar-refractivity contribution in [2.75, 3.05) is 6.54 Å². The van der Waals surface area contributed by atoms with Crippen molar-refractivity contribution in [2.24, 2.45) is 5.73 Å². The van der Waals surface area contributed by atoms with Crippen LogP contribution in [-0.2, 0) is 11.3 Å². The molecular weight excluding hydrogens is 457 g/mol. The first kappa shape index (κ1) is 19.2. The molecule has 0 bridgehead atoms. The zero-order valence-electron chi connectivity index (χ0n) is 13.0. The van der Waals surface area contributed by atoms with Crippen LogP contribution < -0.4 is 16.4 Å². The molecule has 0 saturated heterocycles. The molecule has 0 aliphatic heterocycles. The van der Waals surface area contributed by atoms with Crippen LogP contribution in [-0.4, -0.2) is 24.3 Å². The topological polar surface area (TPSA) is 101 Å². The summed E-state index contributed by atoms with van der Waals surface area (Å²) in [7, 11) is 0. The third kappa shape index (κ3) is 5.71. The largest absolute Gasteiger partial charge is 0.368 e. The van der Waals surface area contributed by atoms with E-state index in [0.717, 1.165) is 9.13 Å². The lowest BCUT2D eigenvalue weighted by molar-refractivity contribution is -0.117. The second-order valence-corrected chi connectivity index (χ2v) is 6.75. The predicted octanol–water partition coefficient (Wildman–Crippen LogP) is 2.09. The van der Waals surface area contributed by atoms with Gasteiger partial charge in [-0.2, -0.15) is 0 Å². The maximum Gasteiger partial charge on any atom is 0.252 e. The summed E-state index contributed by atoms with van der Waals surface area (Å²) in [6.45, 7) is 0.0968. The maximum absolute atomic E-state index is 12.2. The van der Waals surface area contributed by atoms with Crippen molar-refractivity contribution in [1.29, 1.82) is 0 Å². The van der Waals surface area contributed by atoms with Crippen LogP contribution in [0.2, 0.25) is 5.02 Å². The lowest BCUT2D eigenvalue weighted by Gasteiger charge is -2.08. The van der Waals surface area contributed by atoms with Crippen LogP contribution >= 0.6 is 34.2 Å². The van der Waals surface area contributed by atoms with Crippen LogP contribution in [0.25, 0.3) is 0 Å². The molecule has 2 rings (SSSR count). The molecule has 0 heterocycles. The van der Waals surface area contributed by atoms with Gasteiger partial charge >= 0.3 is 0 Å².